The van der Waals surface area contributed by atoms with Gasteiger partial charge in [0.25, 0.3) is 6.43 Å². The molecule has 0 aliphatic carbocycles. The first kappa shape index (κ1) is 15.7. The van der Waals surface area contributed by atoms with Crippen LogP contribution in [0.15, 0.2) is 24.4 Å². The predicted molar refractivity (Wildman–Crippen MR) is 76.1 cm³/mol. The molecule has 122 valence electrons. The van der Waals surface area contributed by atoms with Gasteiger partial charge in [-0.05, 0) is 18.2 Å². The lowest BCUT2D eigenvalue weighted by molar-refractivity contribution is -0.137. The highest BCUT2D eigenvalue weighted by Crippen LogP contribution is 2.36. The Labute approximate surface area is 130 Å². The minimum atomic E-state index is -4.46. The van der Waals surface area contributed by atoms with Crippen LogP contribution >= 0.6 is 11.3 Å². The number of nitrogens with one attached hydrogen (secondary N) is 1. The first-order chi connectivity index (χ1) is 10.8. The van der Waals surface area contributed by atoms with Crippen LogP contribution in [0, 0.1) is 0 Å². The molecule has 0 unspecified atom stereocenters. The lowest BCUT2D eigenvalue weighted by atomic mass is 10.2. The first-order valence-electron chi connectivity index (χ1n) is 6.30. The van der Waals surface area contributed by atoms with Crippen LogP contribution < -0.4 is 5.32 Å². The van der Waals surface area contributed by atoms with Crippen molar-refractivity contribution in [2.45, 2.75) is 12.6 Å². The van der Waals surface area contributed by atoms with Gasteiger partial charge in [0.1, 0.15) is 5.69 Å². The van der Waals surface area contributed by atoms with Gasteiger partial charge in [0, 0.05) is 7.05 Å². The number of hydrogen-bond acceptors (Lipinski definition) is 4. The van der Waals surface area contributed by atoms with Crippen molar-refractivity contribution in [1.29, 1.82) is 0 Å². The van der Waals surface area contributed by atoms with Crippen LogP contribution in [-0.2, 0) is 13.2 Å². The number of thiazole rings is 1. The molecule has 3 rings (SSSR count). The molecule has 1 aromatic carbocycles. The summed E-state index contributed by atoms with van der Waals surface area (Å²) in [5.74, 6) is 0. The van der Waals surface area contributed by atoms with Gasteiger partial charge in [-0.3, -0.25) is 4.68 Å². The number of rotatable bonds is 3. The third-order valence-corrected chi connectivity index (χ3v) is 4.10. The number of fused-ring (bicyclic) bond motifs is 1. The summed E-state index contributed by atoms with van der Waals surface area (Å²) in [4.78, 5) is 4.02. The smallest absolute Gasteiger partial charge is 0.329 e. The van der Waals surface area contributed by atoms with Crippen molar-refractivity contribution in [1.82, 2.24) is 14.8 Å². The van der Waals surface area contributed by atoms with Crippen LogP contribution in [0.5, 0.6) is 0 Å². The molecule has 0 radical (unpaired) electrons. The number of aryl methyl sites for hydroxylation is 1. The second-order valence-electron chi connectivity index (χ2n) is 4.69. The van der Waals surface area contributed by atoms with Gasteiger partial charge in [-0.2, -0.15) is 18.3 Å². The zero-order valence-electron chi connectivity index (χ0n) is 11.5. The second kappa shape index (κ2) is 5.44. The van der Waals surface area contributed by atoms with Gasteiger partial charge >= 0.3 is 6.18 Å². The molecule has 0 aliphatic heterocycles. The Kier molecular flexibility index (Phi) is 3.71. The quantitative estimate of drug-likeness (QED) is 0.696. The molecule has 0 bridgehead atoms. The number of alkyl halides is 5. The van der Waals surface area contributed by atoms with Gasteiger partial charge in [-0.15, -0.1) is 0 Å². The SMILES string of the molecule is Cn1ncc(Nc2nc3cc(C(F)(F)F)ccc3s2)c1C(F)F. The molecule has 0 amide bonds. The summed E-state index contributed by atoms with van der Waals surface area (Å²) >= 11 is 1.07. The van der Waals surface area contributed by atoms with Gasteiger partial charge in [-0.1, -0.05) is 11.3 Å². The van der Waals surface area contributed by atoms with E-state index in [1.807, 2.05) is 0 Å². The highest BCUT2D eigenvalue weighted by molar-refractivity contribution is 7.22. The zero-order chi connectivity index (χ0) is 16.8. The highest BCUT2D eigenvalue weighted by Gasteiger charge is 2.30. The van der Waals surface area contributed by atoms with Crippen LogP contribution in [0.2, 0.25) is 0 Å². The number of benzene rings is 1. The molecule has 1 N–H and O–H groups in total. The monoisotopic (exact) mass is 348 g/mol. The summed E-state index contributed by atoms with van der Waals surface area (Å²) in [5, 5.41) is 6.64. The molecule has 23 heavy (non-hydrogen) atoms. The van der Waals surface area contributed by atoms with Gasteiger partial charge in [0.2, 0.25) is 0 Å². The molecular formula is C13H9F5N4S. The molecule has 0 aliphatic rings. The molecule has 3 aromatic rings. The fourth-order valence-electron chi connectivity index (χ4n) is 2.07. The maximum absolute atomic E-state index is 13.0. The summed E-state index contributed by atoms with van der Waals surface area (Å²) in [6.45, 7) is 0. The van der Waals surface area contributed by atoms with Crippen molar-refractivity contribution >= 4 is 32.4 Å². The molecule has 0 saturated heterocycles. The average molecular weight is 348 g/mol. The van der Waals surface area contributed by atoms with E-state index in [0.717, 1.165) is 28.2 Å². The van der Waals surface area contributed by atoms with E-state index < -0.39 is 18.2 Å². The maximum Gasteiger partial charge on any atom is 0.416 e. The van der Waals surface area contributed by atoms with Crippen LogP contribution in [-0.4, -0.2) is 14.8 Å². The standard InChI is InChI=1S/C13H9F5N4S/c1-22-10(11(14)15)8(5-19-22)21-12-20-7-4-6(13(16,17)18)2-3-9(7)23-12/h2-5,11H,1H3,(H,20,21). The van der Waals surface area contributed by atoms with Crippen molar-refractivity contribution < 1.29 is 22.0 Å². The number of anilines is 2. The Balaban J connectivity index is 1.96. The number of nitrogens with zero attached hydrogens (tertiary/aromatic N) is 3. The molecule has 10 heteroatoms. The molecule has 0 atom stereocenters. The Hall–Kier alpha value is -2.23. The zero-order valence-corrected chi connectivity index (χ0v) is 12.3. The Bertz CT molecular complexity index is 852. The first-order valence-corrected chi connectivity index (χ1v) is 7.12. The van der Waals surface area contributed by atoms with E-state index in [2.05, 4.69) is 15.4 Å². The van der Waals surface area contributed by atoms with Crippen molar-refractivity contribution in [3.8, 4) is 0 Å². The van der Waals surface area contributed by atoms with Gasteiger partial charge in [0.05, 0.1) is 27.7 Å². The average Bonchev–Trinajstić information content (AvgIpc) is 3.00. The highest BCUT2D eigenvalue weighted by atomic mass is 32.1. The topological polar surface area (TPSA) is 42.7 Å². The van der Waals surface area contributed by atoms with Crippen LogP contribution in [0.1, 0.15) is 17.7 Å². The normalized spacial score (nSPS) is 12.3. The number of hydrogen-bond donors (Lipinski definition) is 1. The van der Waals surface area contributed by atoms with Crippen LogP contribution in [0.3, 0.4) is 0 Å². The molecule has 2 aromatic heterocycles. The van der Waals surface area contributed by atoms with Crippen molar-refractivity contribution in [3.05, 3.63) is 35.7 Å². The van der Waals surface area contributed by atoms with Crippen molar-refractivity contribution in [2.75, 3.05) is 5.32 Å². The van der Waals surface area contributed by atoms with Crippen molar-refractivity contribution in [2.24, 2.45) is 7.05 Å². The van der Waals surface area contributed by atoms with E-state index in [1.165, 1.54) is 19.3 Å². The maximum atomic E-state index is 13.0. The Morgan fingerprint density at radius 2 is 2.00 bits per heavy atom. The summed E-state index contributed by atoms with van der Waals surface area (Å²) in [7, 11) is 1.38. The van der Waals surface area contributed by atoms with E-state index in [1.54, 1.807) is 0 Å². The minimum Gasteiger partial charge on any atom is -0.329 e. The van der Waals surface area contributed by atoms with Gasteiger partial charge in [0.15, 0.2) is 5.13 Å². The van der Waals surface area contributed by atoms with E-state index >= 15 is 0 Å². The molecule has 4 nitrogen and oxygen atoms in total. The lowest BCUT2D eigenvalue weighted by Crippen LogP contribution is -2.04. The van der Waals surface area contributed by atoms with E-state index in [4.69, 9.17) is 0 Å². The molecule has 0 fully saturated rings. The van der Waals surface area contributed by atoms with Crippen molar-refractivity contribution in [3.63, 3.8) is 0 Å². The fraction of sp³-hybridized carbons (Fsp3) is 0.231. The summed E-state index contributed by atoms with van der Waals surface area (Å²) in [6.07, 6.45) is -5.98. The Morgan fingerprint density at radius 1 is 1.26 bits per heavy atom. The van der Waals surface area contributed by atoms with Gasteiger partial charge in [-0.25, -0.2) is 13.8 Å². The summed E-state index contributed by atoms with van der Waals surface area (Å²) in [5.41, 5.74) is -0.913. The van der Waals surface area contributed by atoms with E-state index in [0.29, 0.717) is 4.70 Å². The van der Waals surface area contributed by atoms with Crippen LogP contribution in [0.25, 0.3) is 10.2 Å². The van der Waals surface area contributed by atoms with Crippen LogP contribution in [0.4, 0.5) is 32.8 Å². The third kappa shape index (κ3) is 2.98. The minimum absolute atomic E-state index is 0.0672. The van der Waals surface area contributed by atoms with E-state index in [9.17, 15) is 22.0 Å². The lowest BCUT2D eigenvalue weighted by Gasteiger charge is -2.05. The number of halogens is 5. The molecular weight excluding hydrogens is 339 g/mol. The molecule has 0 spiro atoms. The van der Waals surface area contributed by atoms with E-state index in [-0.39, 0.29) is 22.0 Å². The Morgan fingerprint density at radius 3 is 2.65 bits per heavy atom. The predicted octanol–water partition coefficient (Wildman–Crippen LogP) is 4.73. The largest absolute Gasteiger partial charge is 0.416 e. The number of aromatic nitrogens is 3. The fourth-order valence-corrected chi connectivity index (χ4v) is 2.93. The second-order valence-corrected chi connectivity index (χ2v) is 5.72. The third-order valence-electron chi connectivity index (χ3n) is 3.15. The summed E-state index contributed by atoms with van der Waals surface area (Å²) in [6, 6.07) is 3.19. The van der Waals surface area contributed by atoms with Gasteiger partial charge < -0.3 is 5.32 Å². The molecule has 0 saturated carbocycles. The molecule has 2 heterocycles. The summed E-state index contributed by atoms with van der Waals surface area (Å²) < 4.78 is 65.5.